The van der Waals surface area contributed by atoms with Crippen LogP contribution in [0.5, 0.6) is 0 Å². The highest BCUT2D eigenvalue weighted by atomic mass is 28.3. The fourth-order valence-electron chi connectivity index (χ4n) is 1.67. The number of nitrogens with two attached hydrogens (primary N) is 2. The summed E-state index contributed by atoms with van der Waals surface area (Å²) in [4.78, 5) is 0. The maximum Gasteiger partial charge on any atom is 0.0502 e. The van der Waals surface area contributed by atoms with Crippen LogP contribution in [-0.2, 0) is 0 Å². The van der Waals surface area contributed by atoms with Crippen LogP contribution in [0.25, 0.3) is 0 Å². The zero-order valence-corrected chi connectivity index (χ0v) is 9.06. The number of rotatable bonds is 0. The largest absolute Gasteiger partial charge is 0.274 e. The van der Waals surface area contributed by atoms with E-state index in [1.165, 1.54) is 19.3 Å². The van der Waals surface area contributed by atoms with E-state index in [-0.39, 0.29) is 0 Å². The van der Waals surface area contributed by atoms with Crippen LogP contribution in [0.2, 0.25) is 24.7 Å². The van der Waals surface area contributed by atoms with Gasteiger partial charge >= 0.3 is 0 Å². The summed E-state index contributed by atoms with van der Waals surface area (Å²) in [5.41, 5.74) is 1.09. The van der Waals surface area contributed by atoms with Crippen LogP contribution in [-0.4, -0.2) is 8.07 Å². The van der Waals surface area contributed by atoms with E-state index in [4.69, 9.17) is 0 Å². The van der Waals surface area contributed by atoms with Crippen molar-refractivity contribution < 1.29 is 0 Å². The summed E-state index contributed by atoms with van der Waals surface area (Å²) in [7, 11) is -0.694. The lowest BCUT2D eigenvalue weighted by atomic mass is 10.2. The molecule has 3 heteroatoms. The van der Waals surface area contributed by atoms with Gasteiger partial charge in [-0.3, -0.25) is 11.7 Å². The quantitative estimate of drug-likeness (QED) is 0.336. The van der Waals surface area contributed by atoms with E-state index in [0.717, 1.165) is 5.54 Å². The Morgan fingerprint density at radius 3 is 2.00 bits per heavy atom. The smallest absolute Gasteiger partial charge is 0.0502 e. The third-order valence-corrected chi connectivity index (χ3v) is 7.64. The van der Waals surface area contributed by atoms with Gasteiger partial charge in [0, 0.05) is 0 Å². The molecule has 1 atom stereocenters. The van der Waals surface area contributed by atoms with Crippen LogP contribution in [0, 0.1) is 0 Å². The lowest BCUT2D eigenvalue weighted by Gasteiger charge is -2.34. The predicted molar refractivity (Wildman–Crippen MR) is 53.9 cm³/mol. The number of hydrogen-bond donors (Lipinski definition) is 2. The second-order valence-electron chi connectivity index (χ2n) is 4.14. The molecule has 1 unspecified atom stereocenters. The first-order valence-electron chi connectivity index (χ1n) is 4.46. The van der Waals surface area contributed by atoms with E-state index >= 15 is 0 Å². The van der Waals surface area contributed by atoms with Crippen molar-refractivity contribution in [2.45, 2.75) is 50.9 Å². The van der Waals surface area contributed by atoms with Crippen LogP contribution in [0.3, 0.4) is 0 Å². The lowest BCUT2D eigenvalue weighted by Crippen LogP contribution is -2.33. The molecule has 1 aliphatic heterocycles. The Hall–Kier alpha value is 0.137. The molecule has 2 nitrogen and oxygen atoms in total. The third kappa shape index (κ3) is 3.36. The molecular formula is C8H22N2Si. The Balaban J connectivity index is 0.000000461. The SMILES string of the molecule is CC1CCCC[Si]1(C)C.NN. The molecule has 1 saturated heterocycles. The van der Waals surface area contributed by atoms with Crippen molar-refractivity contribution in [3.05, 3.63) is 0 Å². The first-order valence-corrected chi connectivity index (χ1v) is 7.75. The minimum absolute atomic E-state index is 0.694. The fourth-order valence-corrected chi connectivity index (χ4v) is 4.31. The van der Waals surface area contributed by atoms with Crippen molar-refractivity contribution in [1.82, 2.24) is 0 Å². The van der Waals surface area contributed by atoms with Gasteiger partial charge in [0.1, 0.15) is 0 Å². The van der Waals surface area contributed by atoms with Crippen molar-refractivity contribution in [1.29, 1.82) is 0 Å². The summed E-state index contributed by atoms with van der Waals surface area (Å²) in [6, 6.07) is 1.58. The average Bonchev–Trinajstić information content (AvgIpc) is 2.00. The second kappa shape index (κ2) is 4.90. The standard InChI is InChI=1S/C8H18Si.H4N2/c1-8-6-4-5-7-9(8,2)3;1-2/h8H,4-7H2,1-3H3;1-2H2. The van der Waals surface area contributed by atoms with Crippen LogP contribution in [0.4, 0.5) is 0 Å². The van der Waals surface area contributed by atoms with Gasteiger partial charge in [0.2, 0.25) is 0 Å². The molecule has 11 heavy (non-hydrogen) atoms. The Kier molecular flexibility index (Phi) is 4.96. The Morgan fingerprint density at radius 2 is 1.73 bits per heavy atom. The molecule has 4 N–H and O–H groups in total. The van der Waals surface area contributed by atoms with E-state index < -0.39 is 8.07 Å². The van der Waals surface area contributed by atoms with Crippen LogP contribution in [0.1, 0.15) is 26.2 Å². The van der Waals surface area contributed by atoms with Gasteiger partial charge in [0.25, 0.3) is 0 Å². The molecule has 0 radical (unpaired) electrons. The van der Waals surface area contributed by atoms with Gasteiger partial charge in [-0.25, -0.2) is 0 Å². The van der Waals surface area contributed by atoms with Crippen molar-refractivity contribution in [2.75, 3.05) is 0 Å². The van der Waals surface area contributed by atoms with Crippen LogP contribution < -0.4 is 11.7 Å². The minimum Gasteiger partial charge on any atom is -0.274 e. The molecule has 0 aromatic carbocycles. The van der Waals surface area contributed by atoms with Gasteiger partial charge in [-0.05, 0) is 5.54 Å². The van der Waals surface area contributed by atoms with E-state index in [2.05, 4.69) is 31.7 Å². The van der Waals surface area contributed by atoms with Crippen molar-refractivity contribution in [3.8, 4) is 0 Å². The second-order valence-corrected chi connectivity index (χ2v) is 9.60. The van der Waals surface area contributed by atoms with Gasteiger partial charge < -0.3 is 0 Å². The first kappa shape index (κ1) is 11.1. The maximum absolute atomic E-state index is 4.00. The fraction of sp³-hybridized carbons (Fsp3) is 1.00. The summed E-state index contributed by atoms with van der Waals surface area (Å²) >= 11 is 0. The maximum atomic E-state index is 4.00. The Morgan fingerprint density at radius 1 is 1.18 bits per heavy atom. The summed E-state index contributed by atoms with van der Waals surface area (Å²) in [5, 5.41) is 0. The summed E-state index contributed by atoms with van der Waals surface area (Å²) in [6.07, 6.45) is 4.53. The van der Waals surface area contributed by atoms with E-state index in [0.29, 0.717) is 0 Å². The average molecular weight is 174 g/mol. The zero-order chi connectivity index (χ0) is 8.91. The van der Waals surface area contributed by atoms with E-state index in [9.17, 15) is 0 Å². The predicted octanol–water partition coefficient (Wildman–Crippen LogP) is 2.09. The van der Waals surface area contributed by atoms with Crippen molar-refractivity contribution in [3.63, 3.8) is 0 Å². The van der Waals surface area contributed by atoms with Gasteiger partial charge in [0.05, 0.1) is 8.07 Å². The van der Waals surface area contributed by atoms with Gasteiger partial charge in [0.15, 0.2) is 0 Å². The van der Waals surface area contributed by atoms with Crippen molar-refractivity contribution >= 4 is 8.07 Å². The minimum atomic E-state index is -0.694. The molecule has 1 heterocycles. The lowest BCUT2D eigenvalue weighted by molar-refractivity contribution is 0.635. The van der Waals surface area contributed by atoms with Gasteiger partial charge in [-0.2, -0.15) is 0 Å². The highest BCUT2D eigenvalue weighted by Gasteiger charge is 2.30. The molecule has 0 aromatic rings. The third-order valence-electron chi connectivity index (χ3n) is 3.04. The molecule has 1 fully saturated rings. The Labute approximate surface area is 71.3 Å². The Bertz CT molecular complexity index is 104. The number of hydrazine groups is 1. The monoisotopic (exact) mass is 174 g/mol. The molecule has 1 rings (SSSR count). The summed E-state index contributed by atoms with van der Waals surface area (Å²) in [5.74, 6) is 8.00. The normalized spacial score (nSPS) is 28.6. The molecular weight excluding hydrogens is 152 g/mol. The highest BCUT2D eigenvalue weighted by molar-refractivity contribution is 6.78. The molecule has 0 bridgehead atoms. The molecule has 68 valence electrons. The summed E-state index contributed by atoms with van der Waals surface area (Å²) < 4.78 is 0. The molecule has 0 amide bonds. The summed E-state index contributed by atoms with van der Waals surface area (Å²) in [6.45, 7) is 7.53. The molecule has 0 saturated carbocycles. The number of hydrogen-bond acceptors (Lipinski definition) is 2. The highest BCUT2D eigenvalue weighted by Crippen LogP contribution is 2.36. The zero-order valence-electron chi connectivity index (χ0n) is 8.06. The van der Waals surface area contributed by atoms with Gasteiger partial charge in [-0.15, -0.1) is 0 Å². The molecule has 0 aromatic heterocycles. The van der Waals surface area contributed by atoms with E-state index in [1.807, 2.05) is 0 Å². The van der Waals surface area contributed by atoms with Crippen LogP contribution in [0.15, 0.2) is 0 Å². The molecule has 0 aliphatic carbocycles. The molecule has 1 aliphatic rings. The van der Waals surface area contributed by atoms with E-state index in [1.54, 1.807) is 6.04 Å². The topological polar surface area (TPSA) is 52.0 Å². The molecule has 0 spiro atoms. The van der Waals surface area contributed by atoms with Crippen molar-refractivity contribution in [2.24, 2.45) is 11.7 Å². The first-order chi connectivity index (χ1) is 5.13. The van der Waals surface area contributed by atoms with Gasteiger partial charge in [-0.1, -0.05) is 45.3 Å². The van der Waals surface area contributed by atoms with Crippen LogP contribution >= 0.6 is 0 Å².